The molecule has 8 nitrogen and oxygen atoms in total. The Labute approximate surface area is 170 Å². The number of halogens is 1. The molecule has 0 unspecified atom stereocenters. The summed E-state index contributed by atoms with van der Waals surface area (Å²) in [5.74, 6) is -0.426. The number of hydrogen-bond donors (Lipinski definition) is 3. The fourth-order valence-corrected chi connectivity index (χ4v) is 3.61. The molecule has 3 N–H and O–H groups in total. The van der Waals surface area contributed by atoms with E-state index < -0.39 is 6.03 Å². The molecule has 0 atom stereocenters. The van der Waals surface area contributed by atoms with Gasteiger partial charge in [0.15, 0.2) is 0 Å². The third kappa shape index (κ3) is 5.21. The summed E-state index contributed by atoms with van der Waals surface area (Å²) < 4.78 is 5.38. The Balaban J connectivity index is 0.00000280. The van der Waals surface area contributed by atoms with Crippen LogP contribution >= 0.6 is 12.4 Å². The molecule has 0 radical (unpaired) electrons. The van der Waals surface area contributed by atoms with E-state index in [1.54, 1.807) is 31.4 Å². The van der Waals surface area contributed by atoms with Crippen molar-refractivity contribution >= 4 is 30.3 Å². The van der Waals surface area contributed by atoms with Crippen molar-refractivity contribution in [1.29, 1.82) is 0 Å². The van der Waals surface area contributed by atoms with Crippen LogP contribution in [0.2, 0.25) is 0 Å². The summed E-state index contributed by atoms with van der Waals surface area (Å²) in [5, 5.41) is 8.85. The van der Waals surface area contributed by atoms with Gasteiger partial charge in [0.1, 0.15) is 0 Å². The van der Waals surface area contributed by atoms with Crippen molar-refractivity contribution in [1.82, 2.24) is 20.9 Å². The van der Waals surface area contributed by atoms with E-state index in [0.717, 1.165) is 36.4 Å². The number of piperidine rings is 1. The molecule has 0 aromatic heterocycles. The topological polar surface area (TPSA) is 99.8 Å². The summed E-state index contributed by atoms with van der Waals surface area (Å²) in [6, 6.07) is 6.62. The molecule has 0 saturated carbocycles. The molecule has 9 heteroatoms. The first-order valence-corrected chi connectivity index (χ1v) is 9.18. The van der Waals surface area contributed by atoms with Crippen LogP contribution in [0.1, 0.15) is 28.8 Å². The number of nitrogens with zero attached hydrogens (tertiary/aromatic N) is 1. The fraction of sp³-hybridized carbons (Fsp3) is 0.526. The average molecular weight is 411 g/mol. The quantitative estimate of drug-likeness (QED) is 0.580. The highest BCUT2D eigenvalue weighted by molar-refractivity contribution is 6.02. The van der Waals surface area contributed by atoms with E-state index >= 15 is 0 Å². The van der Waals surface area contributed by atoms with E-state index in [2.05, 4.69) is 16.0 Å². The number of rotatable bonds is 7. The highest BCUT2D eigenvalue weighted by Crippen LogP contribution is 2.28. The lowest BCUT2D eigenvalue weighted by atomic mass is 9.79. The zero-order chi connectivity index (χ0) is 19.3. The van der Waals surface area contributed by atoms with Crippen LogP contribution in [0.25, 0.3) is 0 Å². The largest absolute Gasteiger partial charge is 0.384 e. The first-order valence-electron chi connectivity index (χ1n) is 9.18. The van der Waals surface area contributed by atoms with Gasteiger partial charge in [-0.3, -0.25) is 14.5 Å². The third-order valence-corrected chi connectivity index (χ3v) is 5.21. The number of nitrogens with one attached hydrogen (secondary N) is 3. The number of imide groups is 1. The van der Waals surface area contributed by atoms with Crippen molar-refractivity contribution < 1.29 is 19.1 Å². The van der Waals surface area contributed by atoms with Gasteiger partial charge in [-0.25, -0.2) is 4.79 Å². The molecular weight excluding hydrogens is 384 g/mol. The maximum Gasteiger partial charge on any atom is 0.324 e. The van der Waals surface area contributed by atoms with E-state index in [0.29, 0.717) is 18.7 Å². The number of ether oxygens (including phenoxy) is 1. The zero-order valence-corrected chi connectivity index (χ0v) is 16.8. The summed E-state index contributed by atoms with van der Waals surface area (Å²) in [6.45, 7) is 3.18. The van der Waals surface area contributed by atoms with Crippen LogP contribution in [0.4, 0.5) is 4.79 Å². The summed E-state index contributed by atoms with van der Waals surface area (Å²) in [4.78, 5) is 37.2. The molecule has 2 fully saturated rings. The highest BCUT2D eigenvalue weighted by atomic mass is 35.5. The lowest BCUT2D eigenvalue weighted by molar-refractivity contribution is -0.125. The molecule has 2 aliphatic rings. The van der Waals surface area contributed by atoms with Crippen LogP contribution < -0.4 is 16.0 Å². The number of carbonyl (C=O) groups excluding carboxylic acids is 3. The summed E-state index contributed by atoms with van der Waals surface area (Å²) in [5.41, 5.74) is 1.20. The number of methoxy groups -OCH3 is 1. The second-order valence-electron chi connectivity index (χ2n) is 7.20. The Bertz CT molecular complexity index is 700. The molecule has 4 amide bonds. The van der Waals surface area contributed by atoms with Crippen molar-refractivity contribution in [2.75, 3.05) is 39.9 Å². The lowest BCUT2D eigenvalue weighted by Gasteiger charge is -2.37. The van der Waals surface area contributed by atoms with E-state index in [1.807, 2.05) is 0 Å². The smallest absolute Gasteiger partial charge is 0.324 e. The van der Waals surface area contributed by atoms with Gasteiger partial charge in [-0.1, -0.05) is 12.1 Å². The summed E-state index contributed by atoms with van der Waals surface area (Å²) >= 11 is 0. The zero-order valence-electron chi connectivity index (χ0n) is 16.0. The Morgan fingerprint density at radius 2 is 2.04 bits per heavy atom. The van der Waals surface area contributed by atoms with Crippen molar-refractivity contribution in [2.24, 2.45) is 5.41 Å². The standard InChI is InChI=1S/C19H26N4O4.ClH/c1-27-13-19(5-7-20-8-6-19)12-22-17(25)15-4-2-3-14(9-15)11-23-16(24)10-21-18(23)26;/h2-4,9,20H,5-8,10-13H2,1H3,(H,21,26)(H,22,25);1H. The van der Waals surface area contributed by atoms with Crippen molar-refractivity contribution in [3.8, 4) is 0 Å². The molecule has 154 valence electrons. The molecule has 2 aliphatic heterocycles. The second-order valence-corrected chi connectivity index (χ2v) is 7.20. The average Bonchev–Trinajstić information content (AvgIpc) is 2.99. The third-order valence-electron chi connectivity index (χ3n) is 5.21. The lowest BCUT2D eigenvalue weighted by Crippen LogP contribution is -2.47. The van der Waals surface area contributed by atoms with Gasteiger partial charge in [-0.15, -0.1) is 12.4 Å². The van der Waals surface area contributed by atoms with Crippen molar-refractivity contribution in [3.63, 3.8) is 0 Å². The fourth-order valence-electron chi connectivity index (χ4n) is 3.61. The Morgan fingerprint density at radius 1 is 1.29 bits per heavy atom. The van der Waals surface area contributed by atoms with Gasteiger partial charge in [0, 0.05) is 24.6 Å². The normalized spacial score (nSPS) is 18.4. The molecule has 0 bridgehead atoms. The van der Waals surface area contributed by atoms with Crippen LogP contribution in [-0.2, 0) is 16.1 Å². The molecule has 2 saturated heterocycles. The first kappa shape index (κ1) is 22.1. The molecule has 3 rings (SSSR count). The molecule has 2 heterocycles. The minimum Gasteiger partial charge on any atom is -0.384 e. The van der Waals surface area contributed by atoms with Crippen LogP contribution in [-0.4, -0.2) is 62.6 Å². The highest BCUT2D eigenvalue weighted by Gasteiger charge is 2.32. The number of amides is 4. The summed E-state index contributed by atoms with van der Waals surface area (Å²) in [7, 11) is 1.69. The molecular formula is C19H27ClN4O4. The maximum atomic E-state index is 12.6. The minimum atomic E-state index is -0.401. The van der Waals surface area contributed by atoms with Gasteiger partial charge in [0.05, 0.1) is 19.7 Å². The molecule has 0 aliphatic carbocycles. The second kappa shape index (κ2) is 9.86. The van der Waals surface area contributed by atoms with E-state index in [1.165, 1.54) is 0 Å². The van der Waals surface area contributed by atoms with Gasteiger partial charge in [-0.2, -0.15) is 0 Å². The van der Waals surface area contributed by atoms with Gasteiger partial charge in [0.25, 0.3) is 5.91 Å². The monoisotopic (exact) mass is 410 g/mol. The molecule has 1 aromatic rings. The Hall–Kier alpha value is -2.16. The van der Waals surface area contributed by atoms with E-state index in [-0.39, 0.29) is 42.7 Å². The first-order chi connectivity index (χ1) is 13.0. The SMILES string of the molecule is COCC1(CNC(=O)c2cccc(CN3C(=O)CNC3=O)c2)CCNCC1.Cl. The number of urea groups is 1. The molecule has 0 spiro atoms. The Morgan fingerprint density at radius 3 is 2.68 bits per heavy atom. The van der Waals surface area contributed by atoms with E-state index in [4.69, 9.17) is 4.74 Å². The van der Waals surface area contributed by atoms with Crippen LogP contribution in [0.3, 0.4) is 0 Å². The minimum absolute atomic E-state index is 0. The molecule has 28 heavy (non-hydrogen) atoms. The van der Waals surface area contributed by atoms with Gasteiger partial charge in [-0.05, 0) is 43.6 Å². The van der Waals surface area contributed by atoms with Crippen LogP contribution in [0.15, 0.2) is 24.3 Å². The van der Waals surface area contributed by atoms with Crippen molar-refractivity contribution in [3.05, 3.63) is 35.4 Å². The predicted octanol–water partition coefficient (Wildman–Crippen LogP) is 0.906. The van der Waals surface area contributed by atoms with Gasteiger partial charge < -0.3 is 20.7 Å². The predicted molar refractivity (Wildman–Crippen MR) is 106 cm³/mol. The molecule has 1 aromatic carbocycles. The van der Waals surface area contributed by atoms with Gasteiger partial charge >= 0.3 is 6.03 Å². The number of benzene rings is 1. The Kier molecular flexibility index (Phi) is 7.79. The van der Waals surface area contributed by atoms with Crippen molar-refractivity contribution in [2.45, 2.75) is 19.4 Å². The maximum absolute atomic E-state index is 12.6. The number of carbonyl (C=O) groups is 3. The van der Waals surface area contributed by atoms with E-state index in [9.17, 15) is 14.4 Å². The van der Waals surface area contributed by atoms with Crippen LogP contribution in [0, 0.1) is 5.41 Å². The number of hydrogen-bond acceptors (Lipinski definition) is 5. The summed E-state index contributed by atoms with van der Waals surface area (Å²) in [6.07, 6.45) is 1.90. The van der Waals surface area contributed by atoms with Crippen LogP contribution in [0.5, 0.6) is 0 Å². The van der Waals surface area contributed by atoms with Gasteiger partial charge in [0.2, 0.25) is 5.91 Å².